The van der Waals surface area contributed by atoms with Crippen LogP contribution in [0.1, 0.15) is 37.5 Å². The van der Waals surface area contributed by atoms with Crippen LogP contribution < -0.4 is 9.64 Å². The first-order valence-corrected chi connectivity index (χ1v) is 11.0. The Labute approximate surface area is 196 Å². The van der Waals surface area contributed by atoms with E-state index in [1.807, 2.05) is 13.0 Å². The molecular weight excluding hydrogens is 469 g/mol. The number of ketones is 1. The van der Waals surface area contributed by atoms with Crippen molar-refractivity contribution in [2.24, 2.45) is 0 Å². The Morgan fingerprint density at radius 1 is 1.12 bits per heavy atom. The third-order valence-electron chi connectivity index (χ3n) is 5.27. The van der Waals surface area contributed by atoms with E-state index in [1.165, 1.54) is 17.0 Å². The molecule has 0 fully saturated rings. The lowest BCUT2D eigenvalue weighted by Gasteiger charge is -2.27. The molecule has 0 aliphatic carbocycles. The summed E-state index contributed by atoms with van der Waals surface area (Å²) in [6.07, 6.45) is -4.86. The van der Waals surface area contributed by atoms with Gasteiger partial charge < -0.3 is 9.84 Å². The van der Waals surface area contributed by atoms with E-state index in [-0.39, 0.29) is 11.3 Å². The first-order valence-electron chi connectivity index (χ1n) is 10.1. The number of aromatic nitrogens is 1. The number of carbonyl (C=O) groups excluding carboxylic acids is 2. The van der Waals surface area contributed by atoms with E-state index in [2.05, 4.69) is 9.72 Å². The highest BCUT2D eigenvalue weighted by Gasteiger charge is 2.45. The fraction of sp³-hybridized carbons (Fsp3) is 0.208. The van der Waals surface area contributed by atoms with Gasteiger partial charge in [-0.25, -0.2) is 4.98 Å². The summed E-state index contributed by atoms with van der Waals surface area (Å²) in [6.45, 7) is 5.26. The zero-order chi connectivity index (χ0) is 24.8. The van der Waals surface area contributed by atoms with Gasteiger partial charge in [-0.1, -0.05) is 29.8 Å². The predicted molar refractivity (Wildman–Crippen MR) is 120 cm³/mol. The van der Waals surface area contributed by atoms with Crippen molar-refractivity contribution in [3.8, 4) is 5.75 Å². The number of anilines is 1. The fourth-order valence-corrected chi connectivity index (χ4v) is 4.81. The first-order chi connectivity index (χ1) is 16.0. The van der Waals surface area contributed by atoms with Crippen molar-refractivity contribution in [2.45, 2.75) is 33.2 Å². The van der Waals surface area contributed by atoms with E-state index in [0.717, 1.165) is 29.0 Å². The van der Waals surface area contributed by atoms with E-state index < -0.39 is 35.6 Å². The van der Waals surface area contributed by atoms with Crippen LogP contribution in [0, 0.1) is 20.8 Å². The SMILES string of the molecule is Cc1cccc(C2C(C(=O)c3sc(C)nc3C)=C(O)C(=O)N2c2ccc(OC(F)(F)F)cc2)c1. The first kappa shape index (κ1) is 23.5. The highest BCUT2D eigenvalue weighted by atomic mass is 32.1. The van der Waals surface area contributed by atoms with E-state index >= 15 is 0 Å². The van der Waals surface area contributed by atoms with Crippen LogP contribution in [-0.2, 0) is 4.79 Å². The zero-order valence-electron chi connectivity index (χ0n) is 18.3. The molecule has 1 aromatic heterocycles. The summed E-state index contributed by atoms with van der Waals surface area (Å²) in [4.78, 5) is 32.5. The van der Waals surface area contributed by atoms with Gasteiger partial charge >= 0.3 is 6.36 Å². The van der Waals surface area contributed by atoms with Gasteiger partial charge in [0.1, 0.15) is 5.75 Å². The standard InChI is InChI=1S/C24H19F3N2O4S/c1-12-5-4-6-15(11-12)19-18(20(30)22-13(2)28-14(3)34-22)21(31)23(32)29(19)16-7-9-17(10-8-16)33-24(25,26)27/h4-11,19,31H,1-3H3. The van der Waals surface area contributed by atoms with Gasteiger partial charge in [-0.15, -0.1) is 24.5 Å². The molecule has 1 unspecified atom stereocenters. The van der Waals surface area contributed by atoms with Crippen LogP contribution in [-0.4, -0.2) is 28.1 Å². The fourth-order valence-electron chi connectivity index (χ4n) is 3.93. The van der Waals surface area contributed by atoms with Crippen molar-refractivity contribution in [3.63, 3.8) is 0 Å². The number of alkyl halides is 3. The molecule has 10 heteroatoms. The number of rotatable bonds is 5. The molecule has 0 spiro atoms. The molecule has 0 radical (unpaired) electrons. The second-order valence-corrected chi connectivity index (χ2v) is 8.98. The van der Waals surface area contributed by atoms with Gasteiger partial charge in [-0.3, -0.25) is 14.5 Å². The van der Waals surface area contributed by atoms with Crippen LogP contribution in [0.5, 0.6) is 5.75 Å². The van der Waals surface area contributed by atoms with Crippen molar-refractivity contribution >= 4 is 28.7 Å². The van der Waals surface area contributed by atoms with Gasteiger partial charge in [-0.2, -0.15) is 0 Å². The van der Waals surface area contributed by atoms with Crippen LogP contribution in [0.4, 0.5) is 18.9 Å². The third-order valence-corrected chi connectivity index (χ3v) is 6.34. The number of halogens is 3. The summed E-state index contributed by atoms with van der Waals surface area (Å²) in [5.74, 6) is -2.53. The summed E-state index contributed by atoms with van der Waals surface area (Å²) in [5.41, 5.74) is 1.99. The Morgan fingerprint density at radius 3 is 2.35 bits per heavy atom. The number of Topliss-reactive ketones (excluding diaryl/α,β-unsaturated/α-hetero) is 1. The highest BCUT2D eigenvalue weighted by molar-refractivity contribution is 7.14. The lowest BCUT2D eigenvalue weighted by Crippen LogP contribution is -2.31. The highest BCUT2D eigenvalue weighted by Crippen LogP contribution is 2.43. The molecule has 6 nitrogen and oxygen atoms in total. The van der Waals surface area contributed by atoms with Crippen molar-refractivity contribution in [3.05, 3.63) is 86.6 Å². The maximum absolute atomic E-state index is 13.5. The number of aliphatic hydroxyl groups is 1. The molecule has 2 heterocycles. The molecule has 1 N–H and O–H groups in total. The minimum Gasteiger partial charge on any atom is -0.503 e. The molecule has 0 saturated carbocycles. The molecule has 4 rings (SSSR count). The lowest BCUT2D eigenvalue weighted by molar-refractivity contribution is -0.274. The van der Waals surface area contributed by atoms with Crippen LogP contribution >= 0.6 is 11.3 Å². The molecule has 1 amide bonds. The zero-order valence-corrected chi connectivity index (χ0v) is 19.1. The van der Waals surface area contributed by atoms with Crippen molar-refractivity contribution < 1.29 is 32.6 Å². The van der Waals surface area contributed by atoms with E-state index in [0.29, 0.717) is 21.1 Å². The number of amides is 1. The Hall–Kier alpha value is -3.66. The van der Waals surface area contributed by atoms with E-state index in [1.54, 1.807) is 32.0 Å². The second-order valence-electron chi connectivity index (χ2n) is 7.77. The average Bonchev–Trinajstić information content (AvgIpc) is 3.23. The van der Waals surface area contributed by atoms with Crippen LogP contribution in [0.15, 0.2) is 59.9 Å². The number of hydrogen-bond acceptors (Lipinski definition) is 6. The molecule has 1 aliphatic heterocycles. The molecule has 34 heavy (non-hydrogen) atoms. The average molecular weight is 488 g/mol. The Morgan fingerprint density at radius 2 is 1.79 bits per heavy atom. The summed E-state index contributed by atoms with van der Waals surface area (Å²) in [5, 5.41) is 11.5. The minimum atomic E-state index is -4.86. The van der Waals surface area contributed by atoms with Gasteiger partial charge in [0.2, 0.25) is 5.78 Å². The number of nitrogens with zero attached hydrogens (tertiary/aromatic N) is 2. The maximum atomic E-state index is 13.5. The molecule has 176 valence electrons. The number of carbonyl (C=O) groups is 2. The molecule has 0 saturated heterocycles. The normalized spacial score (nSPS) is 16.4. The number of aryl methyl sites for hydroxylation is 3. The number of benzene rings is 2. The predicted octanol–water partition coefficient (Wildman–Crippen LogP) is 5.75. The van der Waals surface area contributed by atoms with Crippen LogP contribution in [0.3, 0.4) is 0 Å². The van der Waals surface area contributed by atoms with Gasteiger partial charge in [0.15, 0.2) is 5.76 Å². The van der Waals surface area contributed by atoms with Crippen LogP contribution in [0.25, 0.3) is 0 Å². The largest absolute Gasteiger partial charge is 0.573 e. The summed E-state index contributed by atoms with van der Waals surface area (Å²) in [7, 11) is 0. The smallest absolute Gasteiger partial charge is 0.503 e. The van der Waals surface area contributed by atoms with E-state index in [4.69, 9.17) is 0 Å². The van der Waals surface area contributed by atoms with Crippen molar-refractivity contribution in [2.75, 3.05) is 4.90 Å². The second kappa shape index (κ2) is 8.60. The summed E-state index contributed by atoms with van der Waals surface area (Å²) in [6, 6.07) is 10.8. The number of ether oxygens (including phenoxy) is 1. The topological polar surface area (TPSA) is 79.7 Å². The lowest BCUT2D eigenvalue weighted by atomic mass is 9.94. The molecule has 1 aliphatic rings. The molecule has 3 aromatic rings. The van der Waals surface area contributed by atoms with Gasteiger partial charge in [0, 0.05) is 5.69 Å². The summed E-state index contributed by atoms with van der Waals surface area (Å²) >= 11 is 1.16. The molecule has 0 bridgehead atoms. The maximum Gasteiger partial charge on any atom is 0.573 e. The Balaban J connectivity index is 1.82. The number of hydrogen-bond donors (Lipinski definition) is 1. The van der Waals surface area contributed by atoms with Crippen molar-refractivity contribution in [1.82, 2.24) is 4.98 Å². The number of aliphatic hydroxyl groups excluding tert-OH is 1. The van der Waals surface area contributed by atoms with Gasteiger partial charge in [-0.05, 0) is 50.6 Å². The van der Waals surface area contributed by atoms with E-state index in [9.17, 15) is 27.9 Å². The molecular formula is C24H19F3N2O4S. The molecule has 1 atom stereocenters. The monoisotopic (exact) mass is 488 g/mol. The third kappa shape index (κ3) is 4.41. The molecule has 2 aromatic carbocycles. The number of thiazole rings is 1. The van der Waals surface area contributed by atoms with Crippen molar-refractivity contribution in [1.29, 1.82) is 0 Å². The Kier molecular flexibility index (Phi) is 5.94. The minimum absolute atomic E-state index is 0.113. The summed E-state index contributed by atoms with van der Waals surface area (Å²) < 4.78 is 41.5. The van der Waals surface area contributed by atoms with Crippen LogP contribution in [0.2, 0.25) is 0 Å². The van der Waals surface area contributed by atoms with Gasteiger partial charge in [0.05, 0.1) is 27.2 Å². The Bertz CT molecular complexity index is 1310. The quantitative estimate of drug-likeness (QED) is 0.463. The van der Waals surface area contributed by atoms with Gasteiger partial charge in [0.25, 0.3) is 5.91 Å².